The lowest BCUT2D eigenvalue weighted by Gasteiger charge is -2.17. The van der Waals surface area contributed by atoms with Crippen LogP contribution in [0.4, 0.5) is 0 Å². The van der Waals surface area contributed by atoms with Gasteiger partial charge in [-0.1, -0.05) is 78.9 Å². The molecule has 0 aliphatic heterocycles. The van der Waals surface area contributed by atoms with E-state index in [0.717, 1.165) is 44.9 Å². The summed E-state index contributed by atoms with van der Waals surface area (Å²) in [5, 5.41) is 3.15. The third kappa shape index (κ3) is 5.62. The number of hydrogen-bond acceptors (Lipinski definition) is 3. The zero-order valence-electron chi connectivity index (χ0n) is 22.1. The molecule has 0 aliphatic rings. The molecular formula is C33H33N3O2. The van der Waals surface area contributed by atoms with Gasteiger partial charge < -0.3 is 14.6 Å². The minimum Gasteiger partial charge on any atom is -0.491 e. The van der Waals surface area contributed by atoms with Crippen molar-refractivity contribution in [1.29, 1.82) is 0 Å². The van der Waals surface area contributed by atoms with Crippen LogP contribution in [0.2, 0.25) is 0 Å². The Morgan fingerprint density at radius 1 is 0.868 bits per heavy atom. The summed E-state index contributed by atoms with van der Waals surface area (Å²) in [5.74, 6) is 1.69. The quantitative estimate of drug-likeness (QED) is 0.240. The molecule has 5 rings (SSSR count). The number of aryl methyl sites for hydroxylation is 1. The Balaban J connectivity index is 1.27. The van der Waals surface area contributed by atoms with Gasteiger partial charge in [0.05, 0.1) is 30.0 Å². The average Bonchev–Trinajstić information content (AvgIpc) is 3.31. The first kappa shape index (κ1) is 25.3. The maximum absolute atomic E-state index is 13.0. The van der Waals surface area contributed by atoms with Crippen molar-refractivity contribution >= 4 is 16.9 Å². The molecule has 38 heavy (non-hydrogen) atoms. The molecule has 0 saturated heterocycles. The number of benzene rings is 4. The summed E-state index contributed by atoms with van der Waals surface area (Å²) < 4.78 is 8.29. The Kier molecular flexibility index (Phi) is 7.55. The highest BCUT2D eigenvalue weighted by molar-refractivity contribution is 5.80. The second kappa shape index (κ2) is 11.3. The fourth-order valence-corrected chi connectivity index (χ4v) is 4.78. The minimum absolute atomic E-state index is 0.0322. The highest BCUT2D eigenvalue weighted by Gasteiger charge is 2.19. The van der Waals surface area contributed by atoms with Crippen LogP contribution >= 0.6 is 0 Å². The van der Waals surface area contributed by atoms with Crippen LogP contribution in [0.15, 0.2) is 97.1 Å². The highest BCUT2D eigenvalue weighted by Crippen LogP contribution is 2.24. The van der Waals surface area contributed by atoms with Crippen LogP contribution in [0, 0.1) is 13.8 Å². The normalized spacial score (nSPS) is 11.9. The zero-order chi connectivity index (χ0) is 26.5. The number of imidazole rings is 1. The molecule has 5 heteroatoms. The van der Waals surface area contributed by atoms with E-state index < -0.39 is 0 Å². The second-order valence-electron chi connectivity index (χ2n) is 9.69. The van der Waals surface area contributed by atoms with Gasteiger partial charge >= 0.3 is 0 Å². The Bertz CT molecular complexity index is 1540. The summed E-state index contributed by atoms with van der Waals surface area (Å²) in [6.45, 7) is 7.29. The summed E-state index contributed by atoms with van der Waals surface area (Å²) in [7, 11) is 0. The van der Waals surface area contributed by atoms with Crippen molar-refractivity contribution in [2.45, 2.75) is 39.8 Å². The van der Waals surface area contributed by atoms with Gasteiger partial charge in [0, 0.05) is 0 Å². The molecule has 1 aromatic heterocycles. The molecule has 0 aliphatic carbocycles. The van der Waals surface area contributed by atoms with Crippen molar-refractivity contribution < 1.29 is 9.53 Å². The van der Waals surface area contributed by atoms with Crippen LogP contribution in [0.5, 0.6) is 5.75 Å². The van der Waals surface area contributed by atoms with Crippen molar-refractivity contribution in [3.63, 3.8) is 0 Å². The maximum Gasteiger partial charge on any atom is 0.224 e. The van der Waals surface area contributed by atoms with Gasteiger partial charge in [-0.05, 0) is 66.8 Å². The lowest BCUT2D eigenvalue weighted by molar-refractivity contribution is -0.121. The first-order chi connectivity index (χ1) is 18.5. The molecule has 1 heterocycles. The van der Waals surface area contributed by atoms with Crippen molar-refractivity contribution in [2.24, 2.45) is 0 Å². The van der Waals surface area contributed by atoms with E-state index >= 15 is 0 Å². The number of para-hydroxylation sites is 2. The first-order valence-electron chi connectivity index (χ1n) is 13.1. The number of fused-ring (bicyclic) bond motifs is 1. The van der Waals surface area contributed by atoms with Crippen molar-refractivity contribution in [2.75, 3.05) is 6.61 Å². The van der Waals surface area contributed by atoms with E-state index in [-0.39, 0.29) is 11.9 Å². The highest BCUT2D eigenvalue weighted by atomic mass is 16.5. The molecule has 1 unspecified atom stereocenters. The van der Waals surface area contributed by atoms with Gasteiger partial charge in [0.15, 0.2) is 0 Å². The van der Waals surface area contributed by atoms with Crippen LogP contribution < -0.4 is 10.1 Å². The zero-order valence-corrected chi connectivity index (χ0v) is 22.1. The Labute approximate surface area is 224 Å². The molecule has 0 fully saturated rings. The number of hydrogen-bond donors (Lipinski definition) is 1. The molecule has 1 N–H and O–H groups in total. The van der Waals surface area contributed by atoms with Crippen molar-refractivity contribution in [1.82, 2.24) is 14.9 Å². The average molecular weight is 504 g/mol. The Hall–Kier alpha value is -4.38. The van der Waals surface area contributed by atoms with Gasteiger partial charge in [-0.25, -0.2) is 4.98 Å². The van der Waals surface area contributed by atoms with Crippen molar-refractivity contribution in [3.8, 4) is 16.9 Å². The molecule has 0 saturated carbocycles. The lowest BCUT2D eigenvalue weighted by Crippen LogP contribution is -2.30. The molecular weight excluding hydrogens is 470 g/mol. The number of nitrogens with one attached hydrogen (secondary N) is 1. The number of carbonyl (C=O) groups excluding carboxylic acids is 1. The lowest BCUT2D eigenvalue weighted by atomic mass is 10.0. The van der Waals surface area contributed by atoms with Crippen LogP contribution in [-0.4, -0.2) is 22.1 Å². The number of rotatable bonds is 9. The summed E-state index contributed by atoms with van der Waals surface area (Å²) in [6.07, 6.45) is 0.315. The third-order valence-electron chi connectivity index (χ3n) is 7.00. The minimum atomic E-state index is -0.251. The largest absolute Gasteiger partial charge is 0.491 e. The van der Waals surface area contributed by atoms with Gasteiger partial charge in [0.25, 0.3) is 0 Å². The van der Waals surface area contributed by atoms with E-state index in [4.69, 9.17) is 9.72 Å². The molecule has 1 atom stereocenters. The molecule has 0 spiro atoms. The Morgan fingerprint density at radius 3 is 2.37 bits per heavy atom. The third-order valence-corrected chi connectivity index (χ3v) is 7.00. The molecule has 0 radical (unpaired) electrons. The van der Waals surface area contributed by atoms with E-state index in [2.05, 4.69) is 60.1 Å². The molecule has 0 bridgehead atoms. The van der Waals surface area contributed by atoms with Crippen LogP contribution in [0.3, 0.4) is 0 Å². The monoisotopic (exact) mass is 503 g/mol. The molecule has 1 amide bonds. The van der Waals surface area contributed by atoms with Gasteiger partial charge in [0.1, 0.15) is 18.2 Å². The predicted octanol–water partition coefficient (Wildman–Crippen LogP) is 6.82. The first-order valence-corrected chi connectivity index (χ1v) is 13.1. The SMILES string of the molecule is Cc1cccc(OCCn2c(C(C)NC(=O)Cc3ccc(-c4ccccc4)cc3)nc3ccccc32)c1C. The van der Waals surface area contributed by atoms with E-state index in [0.29, 0.717) is 19.6 Å². The fraction of sp³-hybridized carbons (Fsp3) is 0.212. The van der Waals surface area contributed by atoms with E-state index in [1.807, 2.05) is 67.6 Å². The number of amides is 1. The molecule has 5 aromatic rings. The van der Waals surface area contributed by atoms with Gasteiger partial charge in [0.2, 0.25) is 5.91 Å². The van der Waals surface area contributed by atoms with Gasteiger partial charge in [-0.2, -0.15) is 0 Å². The molecule has 4 aromatic carbocycles. The Morgan fingerprint density at radius 2 is 1.58 bits per heavy atom. The maximum atomic E-state index is 13.0. The summed E-state index contributed by atoms with van der Waals surface area (Å²) in [6, 6.07) is 32.3. The number of carbonyl (C=O) groups is 1. The smallest absolute Gasteiger partial charge is 0.224 e. The van der Waals surface area contributed by atoms with E-state index in [1.165, 1.54) is 5.56 Å². The number of ether oxygens (including phenoxy) is 1. The fourth-order valence-electron chi connectivity index (χ4n) is 4.78. The topological polar surface area (TPSA) is 56.1 Å². The second-order valence-corrected chi connectivity index (χ2v) is 9.69. The van der Waals surface area contributed by atoms with Crippen LogP contribution in [0.1, 0.15) is 35.5 Å². The van der Waals surface area contributed by atoms with Gasteiger partial charge in [-0.15, -0.1) is 0 Å². The van der Waals surface area contributed by atoms with E-state index in [1.54, 1.807) is 0 Å². The van der Waals surface area contributed by atoms with Gasteiger partial charge in [-0.3, -0.25) is 4.79 Å². The predicted molar refractivity (Wildman–Crippen MR) is 153 cm³/mol. The summed E-state index contributed by atoms with van der Waals surface area (Å²) in [4.78, 5) is 17.8. The van der Waals surface area contributed by atoms with Crippen LogP contribution in [-0.2, 0) is 17.8 Å². The molecule has 192 valence electrons. The van der Waals surface area contributed by atoms with E-state index in [9.17, 15) is 4.79 Å². The van der Waals surface area contributed by atoms with Crippen LogP contribution in [0.25, 0.3) is 22.2 Å². The number of aromatic nitrogens is 2. The number of nitrogens with zero attached hydrogens (tertiary/aromatic N) is 2. The molecule has 5 nitrogen and oxygen atoms in total. The summed E-state index contributed by atoms with van der Waals surface area (Å²) in [5.41, 5.74) is 7.58. The standard InChI is InChI=1S/C33H33N3O2/c1-23-10-9-15-31(24(23)2)38-21-20-36-30-14-8-7-13-29(30)35-33(36)25(3)34-32(37)22-26-16-18-28(19-17-26)27-11-5-4-6-12-27/h4-19,25H,20-22H2,1-3H3,(H,34,37). The summed E-state index contributed by atoms with van der Waals surface area (Å²) >= 11 is 0. The van der Waals surface area contributed by atoms with Crippen molar-refractivity contribution in [3.05, 3.63) is 120 Å².